The number of hydrogen-bond acceptors (Lipinski definition) is 4. The van der Waals surface area contributed by atoms with E-state index in [1.807, 2.05) is 13.8 Å². The molecule has 1 heterocycles. The minimum absolute atomic E-state index is 0.134. The summed E-state index contributed by atoms with van der Waals surface area (Å²) in [5.74, 6) is -0.368. The van der Waals surface area contributed by atoms with Crippen molar-refractivity contribution in [1.82, 2.24) is 10.2 Å². The molecule has 0 saturated heterocycles. The van der Waals surface area contributed by atoms with Crippen molar-refractivity contribution in [3.63, 3.8) is 0 Å². The molecule has 0 spiro atoms. The van der Waals surface area contributed by atoms with Crippen LogP contribution in [0.4, 0.5) is 15.9 Å². The van der Waals surface area contributed by atoms with E-state index in [2.05, 4.69) is 20.8 Å². The second kappa shape index (κ2) is 6.78. The molecule has 0 atom stereocenters. The highest BCUT2D eigenvalue weighted by molar-refractivity contribution is 6.02. The average molecular weight is 288 g/mol. The van der Waals surface area contributed by atoms with E-state index in [4.69, 9.17) is 0 Å². The molecule has 0 saturated carbocycles. The standard InChI is InChI=1S/C15H17FN4O/c1-3-8-17-14-7-6-12(19-20-14)15(21)18-13-9-10(2)4-5-11(13)16/h4-7,9H,3,8H2,1-2H3,(H,17,20)(H,18,21). The SMILES string of the molecule is CCCNc1ccc(C(=O)Nc2cc(C)ccc2F)nn1. The zero-order valence-corrected chi connectivity index (χ0v) is 12.0. The molecule has 2 aromatic rings. The lowest BCUT2D eigenvalue weighted by atomic mass is 10.2. The summed E-state index contributed by atoms with van der Waals surface area (Å²) < 4.78 is 13.6. The number of rotatable bonds is 5. The Bertz CT molecular complexity index is 628. The van der Waals surface area contributed by atoms with Crippen LogP contribution in [0.1, 0.15) is 29.4 Å². The monoisotopic (exact) mass is 288 g/mol. The van der Waals surface area contributed by atoms with Crippen molar-refractivity contribution in [2.45, 2.75) is 20.3 Å². The van der Waals surface area contributed by atoms with Gasteiger partial charge >= 0.3 is 0 Å². The predicted octanol–water partition coefficient (Wildman–Crippen LogP) is 3.00. The number of halogens is 1. The third-order valence-electron chi connectivity index (χ3n) is 2.82. The molecule has 1 aromatic carbocycles. The van der Waals surface area contributed by atoms with Crippen molar-refractivity contribution < 1.29 is 9.18 Å². The summed E-state index contributed by atoms with van der Waals surface area (Å²) >= 11 is 0. The number of aryl methyl sites for hydroxylation is 1. The number of amides is 1. The molecule has 1 aromatic heterocycles. The van der Waals surface area contributed by atoms with Crippen LogP contribution in [0.25, 0.3) is 0 Å². The van der Waals surface area contributed by atoms with Gasteiger partial charge in [0, 0.05) is 6.54 Å². The highest BCUT2D eigenvalue weighted by Crippen LogP contribution is 2.16. The van der Waals surface area contributed by atoms with Crippen LogP contribution in [0.2, 0.25) is 0 Å². The van der Waals surface area contributed by atoms with Gasteiger partial charge in [0.05, 0.1) is 5.69 Å². The maximum atomic E-state index is 13.6. The van der Waals surface area contributed by atoms with Gasteiger partial charge in [0.25, 0.3) is 5.91 Å². The average Bonchev–Trinajstić information content (AvgIpc) is 2.49. The third-order valence-corrected chi connectivity index (χ3v) is 2.82. The van der Waals surface area contributed by atoms with Crippen molar-refractivity contribution in [1.29, 1.82) is 0 Å². The molecule has 0 bridgehead atoms. The Morgan fingerprint density at radius 1 is 1.24 bits per heavy atom. The molecule has 110 valence electrons. The molecule has 5 nitrogen and oxygen atoms in total. The maximum absolute atomic E-state index is 13.6. The topological polar surface area (TPSA) is 66.9 Å². The lowest BCUT2D eigenvalue weighted by Gasteiger charge is -2.07. The molecule has 0 radical (unpaired) electrons. The van der Waals surface area contributed by atoms with E-state index in [0.717, 1.165) is 18.5 Å². The summed E-state index contributed by atoms with van der Waals surface area (Å²) in [6, 6.07) is 7.74. The summed E-state index contributed by atoms with van der Waals surface area (Å²) in [7, 11) is 0. The van der Waals surface area contributed by atoms with Crippen LogP contribution < -0.4 is 10.6 Å². The van der Waals surface area contributed by atoms with Crippen LogP contribution >= 0.6 is 0 Å². The summed E-state index contributed by atoms with van der Waals surface area (Å²) in [6.45, 7) is 4.65. The number of carbonyl (C=O) groups is 1. The second-order valence-electron chi connectivity index (χ2n) is 4.67. The van der Waals surface area contributed by atoms with Gasteiger partial charge in [0.2, 0.25) is 0 Å². The zero-order valence-electron chi connectivity index (χ0n) is 12.0. The molecule has 0 aliphatic heterocycles. The van der Waals surface area contributed by atoms with Gasteiger partial charge in [-0.2, -0.15) is 0 Å². The number of aromatic nitrogens is 2. The first-order valence-electron chi connectivity index (χ1n) is 6.75. The molecular weight excluding hydrogens is 271 g/mol. The van der Waals surface area contributed by atoms with E-state index in [1.54, 1.807) is 24.3 Å². The van der Waals surface area contributed by atoms with Gasteiger partial charge in [0.15, 0.2) is 5.69 Å². The van der Waals surface area contributed by atoms with Gasteiger partial charge in [-0.25, -0.2) is 4.39 Å². The van der Waals surface area contributed by atoms with Gasteiger partial charge in [-0.15, -0.1) is 10.2 Å². The van der Waals surface area contributed by atoms with Crippen LogP contribution in [0.5, 0.6) is 0 Å². The molecular formula is C15H17FN4O. The van der Waals surface area contributed by atoms with Crippen molar-refractivity contribution in [3.05, 3.63) is 47.4 Å². The molecule has 0 aliphatic rings. The van der Waals surface area contributed by atoms with E-state index in [0.29, 0.717) is 5.82 Å². The van der Waals surface area contributed by atoms with E-state index >= 15 is 0 Å². The molecule has 0 fully saturated rings. The number of anilines is 2. The minimum atomic E-state index is -0.492. The molecule has 2 rings (SSSR count). The number of carbonyl (C=O) groups excluding carboxylic acids is 1. The summed E-state index contributed by atoms with van der Waals surface area (Å²) in [6.07, 6.45) is 0.969. The Kier molecular flexibility index (Phi) is 4.81. The first-order chi connectivity index (χ1) is 10.1. The smallest absolute Gasteiger partial charge is 0.276 e. The predicted molar refractivity (Wildman–Crippen MR) is 79.9 cm³/mol. The van der Waals surface area contributed by atoms with E-state index in [1.165, 1.54) is 6.07 Å². The van der Waals surface area contributed by atoms with E-state index in [9.17, 15) is 9.18 Å². The Hall–Kier alpha value is -2.50. The molecule has 0 aliphatic carbocycles. The number of benzene rings is 1. The van der Waals surface area contributed by atoms with Crippen LogP contribution in [0.15, 0.2) is 30.3 Å². The number of nitrogens with zero attached hydrogens (tertiary/aromatic N) is 2. The fourth-order valence-electron chi connectivity index (χ4n) is 1.72. The first kappa shape index (κ1) is 14.9. The van der Waals surface area contributed by atoms with Crippen molar-refractivity contribution in [2.75, 3.05) is 17.2 Å². The third kappa shape index (κ3) is 3.98. The number of hydrogen-bond donors (Lipinski definition) is 2. The largest absolute Gasteiger partial charge is 0.369 e. The summed E-state index contributed by atoms with van der Waals surface area (Å²) in [5, 5.41) is 13.3. The van der Waals surface area contributed by atoms with Gasteiger partial charge in [0.1, 0.15) is 11.6 Å². The lowest BCUT2D eigenvalue weighted by Crippen LogP contribution is -2.16. The number of nitrogens with one attached hydrogen (secondary N) is 2. The Morgan fingerprint density at radius 3 is 2.71 bits per heavy atom. The Balaban J connectivity index is 2.07. The maximum Gasteiger partial charge on any atom is 0.276 e. The van der Waals surface area contributed by atoms with Gasteiger partial charge in [-0.1, -0.05) is 13.0 Å². The zero-order chi connectivity index (χ0) is 15.2. The Labute approximate surface area is 122 Å². The molecule has 2 N–H and O–H groups in total. The normalized spacial score (nSPS) is 10.2. The van der Waals surface area contributed by atoms with Crippen molar-refractivity contribution >= 4 is 17.4 Å². The van der Waals surface area contributed by atoms with Crippen LogP contribution in [0.3, 0.4) is 0 Å². The first-order valence-corrected chi connectivity index (χ1v) is 6.75. The molecule has 6 heteroatoms. The molecule has 21 heavy (non-hydrogen) atoms. The van der Waals surface area contributed by atoms with E-state index in [-0.39, 0.29) is 11.4 Å². The fourth-order valence-corrected chi connectivity index (χ4v) is 1.72. The second-order valence-corrected chi connectivity index (χ2v) is 4.67. The van der Waals surface area contributed by atoms with Crippen molar-refractivity contribution in [2.24, 2.45) is 0 Å². The lowest BCUT2D eigenvalue weighted by molar-refractivity contribution is 0.102. The van der Waals surface area contributed by atoms with E-state index < -0.39 is 11.7 Å². The van der Waals surface area contributed by atoms with Crippen LogP contribution in [-0.4, -0.2) is 22.6 Å². The summed E-state index contributed by atoms with van der Waals surface area (Å²) in [5.41, 5.74) is 1.13. The highest BCUT2D eigenvalue weighted by atomic mass is 19.1. The van der Waals surface area contributed by atoms with Gasteiger partial charge < -0.3 is 10.6 Å². The molecule has 0 unspecified atom stereocenters. The summed E-state index contributed by atoms with van der Waals surface area (Å²) in [4.78, 5) is 12.0. The van der Waals surface area contributed by atoms with Crippen LogP contribution in [0, 0.1) is 12.7 Å². The highest BCUT2D eigenvalue weighted by Gasteiger charge is 2.11. The quantitative estimate of drug-likeness (QED) is 0.887. The van der Waals surface area contributed by atoms with Crippen molar-refractivity contribution in [3.8, 4) is 0 Å². The Morgan fingerprint density at radius 2 is 2.05 bits per heavy atom. The van der Waals surface area contributed by atoms with Gasteiger partial charge in [-0.05, 0) is 43.2 Å². The molecule has 1 amide bonds. The van der Waals surface area contributed by atoms with Gasteiger partial charge in [-0.3, -0.25) is 4.79 Å². The minimum Gasteiger partial charge on any atom is -0.369 e. The fraction of sp³-hybridized carbons (Fsp3) is 0.267. The van der Waals surface area contributed by atoms with Crippen LogP contribution in [-0.2, 0) is 0 Å².